The van der Waals surface area contributed by atoms with Crippen molar-refractivity contribution in [3.63, 3.8) is 0 Å². The summed E-state index contributed by atoms with van der Waals surface area (Å²) in [5.74, 6) is -4.86. The number of allylic oxidation sites excluding steroid dienone is 2. The van der Waals surface area contributed by atoms with Gasteiger partial charge in [0.25, 0.3) is 5.92 Å². The monoisotopic (exact) mass is 259 g/mol. The molecule has 1 saturated carbocycles. The van der Waals surface area contributed by atoms with Crippen molar-refractivity contribution >= 4 is 17.9 Å². The molecule has 1 heterocycles. The lowest BCUT2D eigenvalue weighted by Gasteiger charge is -2.21. The van der Waals surface area contributed by atoms with Crippen LogP contribution in [0.2, 0.25) is 0 Å². The Morgan fingerprint density at radius 2 is 2.12 bits per heavy atom. The van der Waals surface area contributed by atoms with E-state index in [0.717, 1.165) is 12.8 Å². The Labute approximate surface area is 104 Å². The van der Waals surface area contributed by atoms with E-state index in [2.05, 4.69) is 6.92 Å². The first kappa shape index (κ1) is 11.5. The molecule has 0 N–H and O–H groups in total. The number of nitrogens with zero attached hydrogens (tertiary/aromatic N) is 1. The van der Waals surface area contributed by atoms with Crippen LogP contribution in [-0.4, -0.2) is 27.9 Å². The van der Waals surface area contributed by atoms with E-state index < -0.39 is 23.7 Å². The number of hydrogen-bond acceptors (Lipinski definition) is 2. The molecule has 4 unspecified atom stereocenters. The third-order valence-electron chi connectivity index (χ3n) is 4.00. The van der Waals surface area contributed by atoms with Crippen molar-refractivity contribution in [2.75, 3.05) is 6.54 Å². The molecule has 3 aliphatic rings. The Bertz CT molecular complexity index is 385. The van der Waals surface area contributed by atoms with E-state index in [0.29, 0.717) is 6.54 Å². The first-order chi connectivity index (χ1) is 8.07. The molecule has 2 fully saturated rings. The van der Waals surface area contributed by atoms with Crippen molar-refractivity contribution in [1.29, 1.82) is 0 Å². The molecule has 2 nitrogen and oxygen atoms in total. The van der Waals surface area contributed by atoms with Gasteiger partial charge in [0.1, 0.15) is 0 Å². The molecule has 0 spiro atoms. The van der Waals surface area contributed by atoms with Crippen molar-refractivity contribution in [3.8, 4) is 0 Å². The third kappa shape index (κ3) is 1.41. The van der Waals surface area contributed by atoms with Crippen molar-refractivity contribution in [2.24, 2.45) is 17.8 Å². The predicted molar refractivity (Wildman–Crippen MR) is 62.6 cm³/mol. The Kier molecular flexibility index (Phi) is 2.51. The van der Waals surface area contributed by atoms with E-state index in [-0.39, 0.29) is 11.2 Å². The minimum atomic E-state index is -2.70. The molecule has 94 valence electrons. The molecule has 17 heavy (non-hydrogen) atoms. The van der Waals surface area contributed by atoms with Gasteiger partial charge in [0.05, 0.1) is 17.8 Å². The van der Waals surface area contributed by atoms with Gasteiger partial charge >= 0.3 is 0 Å². The molecular weight excluding hydrogens is 244 g/mol. The average molecular weight is 259 g/mol. The molecule has 1 aliphatic heterocycles. The maximum absolute atomic E-state index is 13.8. The molecule has 0 aromatic heterocycles. The van der Waals surface area contributed by atoms with Gasteiger partial charge in [-0.25, -0.2) is 8.78 Å². The molecule has 0 aromatic rings. The van der Waals surface area contributed by atoms with Crippen molar-refractivity contribution in [3.05, 3.63) is 12.2 Å². The topological polar surface area (TPSA) is 20.3 Å². The van der Waals surface area contributed by atoms with Crippen LogP contribution in [0.5, 0.6) is 0 Å². The van der Waals surface area contributed by atoms with Crippen LogP contribution in [0.25, 0.3) is 0 Å². The fourth-order valence-electron chi connectivity index (χ4n) is 3.09. The zero-order valence-electron chi connectivity index (χ0n) is 9.61. The van der Waals surface area contributed by atoms with Gasteiger partial charge in [0, 0.05) is 11.8 Å². The van der Waals surface area contributed by atoms with E-state index in [9.17, 15) is 13.6 Å². The zero-order valence-corrected chi connectivity index (χ0v) is 10.4. The molecule has 3 rings (SSSR count). The lowest BCUT2D eigenvalue weighted by molar-refractivity contribution is -0.131. The number of rotatable bonds is 3. The fraction of sp³-hybridized carbons (Fsp3) is 0.750. The van der Waals surface area contributed by atoms with Crippen LogP contribution in [-0.2, 0) is 4.79 Å². The number of amides is 1. The lowest BCUT2D eigenvalue weighted by atomic mass is 9.92. The minimum absolute atomic E-state index is 0.0787. The summed E-state index contributed by atoms with van der Waals surface area (Å²) in [6.07, 6.45) is 5.11. The normalized spacial score (nSPS) is 41.4. The molecule has 0 radical (unpaired) electrons. The van der Waals surface area contributed by atoms with Gasteiger partial charge < -0.3 is 0 Å². The van der Waals surface area contributed by atoms with E-state index in [4.69, 9.17) is 0 Å². The second kappa shape index (κ2) is 3.70. The summed E-state index contributed by atoms with van der Waals surface area (Å²) in [4.78, 5) is 12.1. The zero-order chi connectivity index (χ0) is 12.2. The Morgan fingerprint density at radius 3 is 2.76 bits per heavy atom. The lowest BCUT2D eigenvalue weighted by Crippen LogP contribution is -2.32. The highest BCUT2D eigenvalue weighted by Gasteiger charge is 2.69. The largest absolute Gasteiger partial charge is 0.286 e. The Balaban J connectivity index is 1.80. The maximum atomic E-state index is 13.8. The van der Waals surface area contributed by atoms with Crippen LogP contribution in [0, 0.1) is 17.8 Å². The van der Waals surface area contributed by atoms with Gasteiger partial charge in [0.15, 0.2) is 0 Å². The van der Waals surface area contributed by atoms with Gasteiger partial charge in [-0.2, -0.15) is 0 Å². The van der Waals surface area contributed by atoms with E-state index in [1.54, 1.807) is 16.5 Å². The summed E-state index contributed by atoms with van der Waals surface area (Å²) in [5, 5.41) is -0.232. The van der Waals surface area contributed by atoms with Gasteiger partial charge in [0.2, 0.25) is 5.91 Å². The molecule has 5 heteroatoms. The van der Waals surface area contributed by atoms with Crippen LogP contribution in [0.4, 0.5) is 8.78 Å². The van der Waals surface area contributed by atoms with E-state index in [1.807, 2.05) is 0 Å². The summed E-state index contributed by atoms with van der Waals surface area (Å²) >= 11 is 1.35. The summed E-state index contributed by atoms with van der Waals surface area (Å²) in [6.45, 7) is 2.75. The average Bonchev–Trinajstić information content (AvgIpc) is 2.83. The SMILES string of the molecule is CCCCN1SC2C(C1=O)C1C=CC2C1(F)F. The number of unbranched alkanes of at least 4 members (excludes halogenated alkanes) is 1. The number of hydrogen-bond donors (Lipinski definition) is 0. The second-order valence-electron chi connectivity index (χ2n) is 5.00. The van der Waals surface area contributed by atoms with Crippen molar-refractivity contribution < 1.29 is 13.6 Å². The van der Waals surface area contributed by atoms with Gasteiger partial charge in [-0.1, -0.05) is 25.5 Å². The second-order valence-corrected chi connectivity index (χ2v) is 6.20. The standard InChI is InChI=1S/C12H15F2NOS/c1-2-3-6-15-11(16)9-7-4-5-8(10(9)17-15)12(7,13)14/h4-5,7-10H,2-3,6H2,1H3. The number of halogens is 2. The van der Waals surface area contributed by atoms with Gasteiger partial charge in [-0.15, -0.1) is 0 Å². The quantitative estimate of drug-likeness (QED) is 0.574. The summed E-state index contributed by atoms with van der Waals surface area (Å²) in [7, 11) is 0. The number of carbonyl (C=O) groups excluding carboxylic acids is 1. The molecule has 0 aromatic carbocycles. The minimum Gasteiger partial charge on any atom is -0.286 e. The molecule has 1 saturated heterocycles. The summed E-state index contributed by atoms with van der Waals surface area (Å²) in [6, 6.07) is 0. The highest BCUT2D eigenvalue weighted by atomic mass is 32.2. The first-order valence-corrected chi connectivity index (χ1v) is 6.95. The smallest absolute Gasteiger partial charge is 0.262 e. The molecule has 1 amide bonds. The van der Waals surface area contributed by atoms with Crippen LogP contribution >= 0.6 is 11.9 Å². The predicted octanol–water partition coefficient (Wildman–Crippen LogP) is 2.71. The highest BCUT2D eigenvalue weighted by Crippen LogP contribution is 2.61. The number of fused-ring (bicyclic) bond motifs is 5. The maximum Gasteiger partial charge on any atom is 0.262 e. The highest BCUT2D eigenvalue weighted by molar-refractivity contribution is 7.98. The van der Waals surface area contributed by atoms with Gasteiger partial charge in [-0.3, -0.25) is 9.10 Å². The number of carbonyl (C=O) groups is 1. The van der Waals surface area contributed by atoms with Crippen molar-refractivity contribution in [2.45, 2.75) is 30.9 Å². The van der Waals surface area contributed by atoms with Crippen LogP contribution < -0.4 is 0 Å². The first-order valence-electron chi connectivity index (χ1n) is 6.11. The Morgan fingerprint density at radius 1 is 1.41 bits per heavy atom. The number of alkyl halides is 2. The Hall–Kier alpha value is -0.580. The van der Waals surface area contributed by atoms with Crippen LogP contribution in [0.3, 0.4) is 0 Å². The van der Waals surface area contributed by atoms with Crippen molar-refractivity contribution in [1.82, 2.24) is 4.31 Å². The van der Waals surface area contributed by atoms with Gasteiger partial charge in [-0.05, 0) is 18.4 Å². The summed E-state index contributed by atoms with van der Waals surface area (Å²) in [5.41, 5.74) is 0. The fourth-order valence-corrected chi connectivity index (χ4v) is 4.66. The van der Waals surface area contributed by atoms with E-state index in [1.165, 1.54) is 11.9 Å². The molecular formula is C12H15F2NOS. The third-order valence-corrected chi connectivity index (χ3v) is 5.45. The molecule has 2 aliphatic carbocycles. The van der Waals surface area contributed by atoms with Crippen LogP contribution in [0.1, 0.15) is 19.8 Å². The van der Waals surface area contributed by atoms with E-state index >= 15 is 0 Å². The van der Waals surface area contributed by atoms with Crippen LogP contribution in [0.15, 0.2) is 12.2 Å². The molecule has 4 atom stereocenters. The molecule has 2 bridgehead atoms. The summed E-state index contributed by atoms with van der Waals surface area (Å²) < 4.78 is 29.4.